The molecule has 0 spiro atoms. The summed E-state index contributed by atoms with van der Waals surface area (Å²) >= 11 is 0. The number of ether oxygens (including phenoxy) is 1. The van der Waals surface area contributed by atoms with Gasteiger partial charge in [-0.25, -0.2) is 12.8 Å². The van der Waals surface area contributed by atoms with Crippen molar-refractivity contribution < 1.29 is 27.4 Å². The van der Waals surface area contributed by atoms with E-state index in [1.165, 1.54) is 13.2 Å². The van der Waals surface area contributed by atoms with Crippen LogP contribution in [0.2, 0.25) is 0 Å². The quantitative estimate of drug-likeness (QED) is 0.905. The maximum atomic E-state index is 13.4. The van der Waals surface area contributed by atoms with Gasteiger partial charge in [-0.15, -0.1) is 0 Å². The first-order valence-corrected chi connectivity index (χ1v) is 7.86. The Kier molecular flexibility index (Phi) is 4.48. The van der Waals surface area contributed by atoms with Gasteiger partial charge in [0.25, 0.3) is 0 Å². The Hall–Kier alpha value is -1.67. The Labute approximate surface area is 122 Å². The maximum Gasteiger partial charge on any atom is 0.307 e. The van der Waals surface area contributed by atoms with Gasteiger partial charge in [-0.2, -0.15) is 4.31 Å². The van der Waals surface area contributed by atoms with Crippen LogP contribution < -0.4 is 4.74 Å². The number of carbonyl (C=O) groups is 1. The number of piperidine rings is 1. The summed E-state index contributed by atoms with van der Waals surface area (Å²) in [5.41, 5.74) is 0. The molecule has 1 unspecified atom stereocenters. The first-order chi connectivity index (χ1) is 9.86. The van der Waals surface area contributed by atoms with Crippen LogP contribution >= 0.6 is 0 Å². The van der Waals surface area contributed by atoms with Crippen molar-refractivity contribution in [2.24, 2.45) is 5.92 Å². The van der Waals surface area contributed by atoms with E-state index in [9.17, 15) is 17.6 Å². The van der Waals surface area contributed by atoms with Gasteiger partial charge in [-0.1, -0.05) is 0 Å². The van der Waals surface area contributed by atoms with E-state index >= 15 is 0 Å². The molecule has 21 heavy (non-hydrogen) atoms. The summed E-state index contributed by atoms with van der Waals surface area (Å²) in [6.45, 7) is 0.100. The highest BCUT2D eigenvalue weighted by Gasteiger charge is 2.34. The second-order valence-corrected chi connectivity index (χ2v) is 6.74. The minimum absolute atomic E-state index is 0.0360. The van der Waals surface area contributed by atoms with E-state index in [1.807, 2.05) is 0 Å². The second-order valence-electron chi connectivity index (χ2n) is 4.84. The summed E-state index contributed by atoms with van der Waals surface area (Å²) in [7, 11) is -2.69. The van der Waals surface area contributed by atoms with E-state index < -0.39 is 27.7 Å². The first-order valence-electron chi connectivity index (χ1n) is 6.42. The number of hydrogen-bond acceptors (Lipinski definition) is 4. The van der Waals surface area contributed by atoms with Crippen molar-refractivity contribution in [1.29, 1.82) is 0 Å². The molecule has 0 bridgehead atoms. The van der Waals surface area contributed by atoms with Crippen LogP contribution in [0.3, 0.4) is 0 Å². The van der Waals surface area contributed by atoms with Crippen LogP contribution in [0.4, 0.5) is 4.39 Å². The Balaban J connectivity index is 2.38. The van der Waals surface area contributed by atoms with Crippen LogP contribution in [0.5, 0.6) is 5.75 Å². The van der Waals surface area contributed by atoms with Gasteiger partial charge in [0.15, 0.2) is 0 Å². The fourth-order valence-corrected chi connectivity index (χ4v) is 4.04. The third kappa shape index (κ3) is 3.16. The van der Waals surface area contributed by atoms with Crippen molar-refractivity contribution in [2.45, 2.75) is 17.7 Å². The molecule has 1 atom stereocenters. The SMILES string of the molecule is COc1ccc(F)cc1S(=O)(=O)N1CCCC(C(=O)O)C1. The monoisotopic (exact) mass is 317 g/mol. The predicted octanol–water partition coefficient (Wildman–Crippen LogP) is 1.32. The largest absolute Gasteiger partial charge is 0.495 e. The summed E-state index contributed by atoms with van der Waals surface area (Å²) in [6, 6.07) is 3.23. The third-order valence-corrected chi connectivity index (χ3v) is 5.36. The summed E-state index contributed by atoms with van der Waals surface area (Å²) in [5.74, 6) is -2.43. The first kappa shape index (κ1) is 15.7. The highest BCUT2D eigenvalue weighted by atomic mass is 32.2. The van der Waals surface area contributed by atoms with Crippen LogP contribution in [-0.4, -0.2) is 44.0 Å². The normalized spacial score (nSPS) is 20.2. The van der Waals surface area contributed by atoms with E-state index in [1.54, 1.807) is 0 Å². The van der Waals surface area contributed by atoms with Crippen LogP contribution in [0.15, 0.2) is 23.1 Å². The fourth-order valence-electron chi connectivity index (χ4n) is 2.35. The van der Waals surface area contributed by atoms with E-state index in [-0.39, 0.29) is 23.7 Å². The van der Waals surface area contributed by atoms with Gasteiger partial charge in [0.2, 0.25) is 10.0 Å². The number of aliphatic carboxylic acids is 1. The standard InChI is InChI=1S/C13H16FNO5S/c1-20-11-5-4-10(14)7-12(11)21(18,19)15-6-2-3-9(8-15)13(16)17/h4-5,7,9H,2-3,6,8H2,1H3,(H,16,17). The summed E-state index contributed by atoms with van der Waals surface area (Å²) in [5, 5.41) is 9.03. The van der Waals surface area contributed by atoms with Crippen LogP contribution in [0, 0.1) is 11.7 Å². The molecule has 2 rings (SSSR count). The average molecular weight is 317 g/mol. The Morgan fingerprint density at radius 1 is 1.48 bits per heavy atom. The minimum Gasteiger partial charge on any atom is -0.495 e. The zero-order chi connectivity index (χ0) is 15.6. The zero-order valence-corrected chi connectivity index (χ0v) is 12.3. The molecule has 1 aliphatic heterocycles. The lowest BCUT2D eigenvalue weighted by molar-refractivity contribution is -0.142. The van der Waals surface area contributed by atoms with Crippen LogP contribution in [0.1, 0.15) is 12.8 Å². The van der Waals surface area contributed by atoms with Gasteiger partial charge in [0, 0.05) is 13.1 Å². The number of nitrogens with zero attached hydrogens (tertiary/aromatic N) is 1. The molecule has 1 fully saturated rings. The van der Waals surface area contributed by atoms with E-state index in [2.05, 4.69) is 0 Å². The van der Waals surface area contributed by atoms with Gasteiger partial charge < -0.3 is 9.84 Å². The van der Waals surface area contributed by atoms with Crippen LogP contribution in [-0.2, 0) is 14.8 Å². The lowest BCUT2D eigenvalue weighted by Gasteiger charge is -2.30. The zero-order valence-electron chi connectivity index (χ0n) is 11.5. The van der Waals surface area contributed by atoms with E-state index in [4.69, 9.17) is 9.84 Å². The van der Waals surface area contributed by atoms with Gasteiger partial charge in [0.05, 0.1) is 13.0 Å². The van der Waals surface area contributed by atoms with E-state index in [0.717, 1.165) is 16.4 Å². The Bertz CT molecular complexity index is 646. The smallest absolute Gasteiger partial charge is 0.307 e. The Morgan fingerprint density at radius 2 is 2.19 bits per heavy atom. The highest BCUT2D eigenvalue weighted by Crippen LogP contribution is 2.30. The summed E-state index contributed by atoms with van der Waals surface area (Å²) in [6.07, 6.45) is 0.884. The van der Waals surface area contributed by atoms with Crippen molar-refractivity contribution in [3.05, 3.63) is 24.0 Å². The molecule has 1 N–H and O–H groups in total. The number of carboxylic acids is 1. The highest BCUT2D eigenvalue weighted by molar-refractivity contribution is 7.89. The van der Waals surface area contributed by atoms with Crippen molar-refractivity contribution in [3.8, 4) is 5.75 Å². The summed E-state index contributed by atoms with van der Waals surface area (Å²) in [4.78, 5) is 10.8. The third-order valence-electron chi connectivity index (χ3n) is 3.48. The maximum absolute atomic E-state index is 13.4. The molecule has 1 saturated heterocycles. The molecular formula is C13H16FNO5S. The van der Waals surface area contributed by atoms with Crippen LogP contribution in [0.25, 0.3) is 0 Å². The molecular weight excluding hydrogens is 301 g/mol. The number of methoxy groups -OCH3 is 1. The molecule has 6 nitrogen and oxygen atoms in total. The number of sulfonamides is 1. The molecule has 1 aliphatic rings. The van der Waals surface area contributed by atoms with Crippen molar-refractivity contribution in [2.75, 3.05) is 20.2 Å². The number of halogens is 1. The molecule has 1 heterocycles. The minimum atomic E-state index is -3.99. The number of benzene rings is 1. The average Bonchev–Trinajstić information content (AvgIpc) is 2.47. The topological polar surface area (TPSA) is 83.9 Å². The molecule has 0 radical (unpaired) electrons. The number of rotatable bonds is 4. The second kappa shape index (κ2) is 5.98. The predicted molar refractivity (Wildman–Crippen MR) is 72.1 cm³/mol. The lowest BCUT2D eigenvalue weighted by atomic mass is 10.0. The van der Waals surface area contributed by atoms with Gasteiger partial charge in [-0.3, -0.25) is 4.79 Å². The summed E-state index contributed by atoms with van der Waals surface area (Å²) < 4.78 is 44.5. The van der Waals surface area contributed by atoms with Gasteiger partial charge >= 0.3 is 5.97 Å². The van der Waals surface area contributed by atoms with Crippen molar-refractivity contribution in [1.82, 2.24) is 4.31 Å². The van der Waals surface area contributed by atoms with Crippen molar-refractivity contribution in [3.63, 3.8) is 0 Å². The molecule has 0 aromatic heterocycles. The molecule has 1 aromatic rings. The Morgan fingerprint density at radius 3 is 2.81 bits per heavy atom. The molecule has 0 amide bonds. The molecule has 1 aromatic carbocycles. The van der Waals surface area contributed by atoms with Gasteiger partial charge in [0.1, 0.15) is 16.5 Å². The molecule has 8 heteroatoms. The number of hydrogen-bond donors (Lipinski definition) is 1. The molecule has 116 valence electrons. The number of carboxylic acid groups (broad SMARTS) is 1. The molecule has 0 saturated carbocycles. The van der Waals surface area contributed by atoms with E-state index in [0.29, 0.717) is 12.8 Å². The lowest BCUT2D eigenvalue weighted by Crippen LogP contribution is -2.42. The fraction of sp³-hybridized carbons (Fsp3) is 0.462. The van der Waals surface area contributed by atoms with Gasteiger partial charge in [-0.05, 0) is 31.0 Å². The van der Waals surface area contributed by atoms with Crippen molar-refractivity contribution >= 4 is 16.0 Å². The molecule has 0 aliphatic carbocycles.